The Kier molecular flexibility index (Phi) is 5.16. The maximum absolute atomic E-state index is 12.3. The first-order valence-corrected chi connectivity index (χ1v) is 8.24. The number of aromatic nitrogens is 1. The van der Waals surface area contributed by atoms with Crippen molar-refractivity contribution in [1.29, 1.82) is 5.26 Å². The van der Waals surface area contributed by atoms with Gasteiger partial charge in [0.15, 0.2) is 0 Å². The highest BCUT2D eigenvalue weighted by Gasteiger charge is 2.09. The van der Waals surface area contributed by atoms with Gasteiger partial charge in [0.2, 0.25) is 0 Å². The molecular formula is C20H15ClN4O. The van der Waals surface area contributed by atoms with Gasteiger partial charge in [0, 0.05) is 16.4 Å². The Labute approximate surface area is 156 Å². The van der Waals surface area contributed by atoms with Gasteiger partial charge in [0.25, 0.3) is 5.91 Å². The van der Waals surface area contributed by atoms with Crippen molar-refractivity contribution in [3.8, 4) is 6.07 Å². The zero-order valence-corrected chi connectivity index (χ0v) is 14.7. The van der Waals surface area contributed by atoms with Crippen LogP contribution in [0, 0.1) is 18.3 Å². The normalized spacial score (nSPS) is 10.0. The summed E-state index contributed by atoms with van der Waals surface area (Å²) in [6.07, 6.45) is 1.57. The van der Waals surface area contributed by atoms with Crippen LogP contribution in [0.15, 0.2) is 60.8 Å². The van der Waals surface area contributed by atoms with Crippen LogP contribution in [0.25, 0.3) is 0 Å². The smallest absolute Gasteiger partial charge is 0.274 e. The van der Waals surface area contributed by atoms with Crippen LogP contribution < -0.4 is 10.6 Å². The molecule has 2 N–H and O–H groups in total. The number of benzene rings is 2. The van der Waals surface area contributed by atoms with Crippen molar-refractivity contribution in [3.63, 3.8) is 0 Å². The topological polar surface area (TPSA) is 77.8 Å². The summed E-state index contributed by atoms with van der Waals surface area (Å²) < 4.78 is 0. The molecule has 0 saturated heterocycles. The van der Waals surface area contributed by atoms with Crippen LogP contribution in [0.3, 0.4) is 0 Å². The molecule has 0 unspecified atom stereocenters. The molecule has 0 fully saturated rings. The number of halogens is 1. The lowest BCUT2D eigenvalue weighted by Gasteiger charge is -2.08. The largest absolute Gasteiger partial charge is 0.354 e. The molecule has 0 saturated carbocycles. The fourth-order valence-electron chi connectivity index (χ4n) is 2.30. The third kappa shape index (κ3) is 4.18. The van der Waals surface area contributed by atoms with E-state index in [-0.39, 0.29) is 11.6 Å². The summed E-state index contributed by atoms with van der Waals surface area (Å²) in [6.45, 7) is 1.90. The lowest BCUT2D eigenvalue weighted by atomic mass is 10.2. The molecule has 26 heavy (non-hydrogen) atoms. The van der Waals surface area contributed by atoms with Crippen LogP contribution >= 0.6 is 11.6 Å². The molecule has 0 bridgehead atoms. The Morgan fingerprint density at radius 3 is 2.58 bits per heavy atom. The summed E-state index contributed by atoms with van der Waals surface area (Å²) in [5.74, 6) is -0.317. The predicted molar refractivity (Wildman–Crippen MR) is 103 cm³/mol. The zero-order chi connectivity index (χ0) is 18.5. The Hall–Kier alpha value is -3.36. The molecule has 0 aliphatic rings. The van der Waals surface area contributed by atoms with E-state index in [1.165, 1.54) is 0 Å². The molecule has 1 aromatic heterocycles. The summed E-state index contributed by atoms with van der Waals surface area (Å²) in [7, 11) is 0. The maximum atomic E-state index is 12.3. The number of hydrogen-bond donors (Lipinski definition) is 2. The average molecular weight is 363 g/mol. The minimum absolute atomic E-state index is 0.290. The van der Waals surface area contributed by atoms with E-state index in [4.69, 9.17) is 16.9 Å². The summed E-state index contributed by atoms with van der Waals surface area (Å²) >= 11 is 6.07. The van der Waals surface area contributed by atoms with E-state index >= 15 is 0 Å². The van der Waals surface area contributed by atoms with Gasteiger partial charge in [0.05, 0.1) is 23.5 Å². The van der Waals surface area contributed by atoms with Gasteiger partial charge in [-0.25, -0.2) is 4.98 Å². The summed E-state index contributed by atoms with van der Waals surface area (Å²) in [5.41, 5.74) is 3.91. The second-order valence-electron chi connectivity index (χ2n) is 5.67. The SMILES string of the molecule is Cc1ccc(NC(=O)c2ccc(Nc3cccc(C#N)c3)cn2)cc1Cl. The van der Waals surface area contributed by atoms with Crippen molar-refractivity contribution >= 4 is 34.6 Å². The second kappa shape index (κ2) is 7.68. The van der Waals surface area contributed by atoms with E-state index in [9.17, 15) is 4.79 Å². The van der Waals surface area contributed by atoms with E-state index in [0.717, 1.165) is 16.9 Å². The van der Waals surface area contributed by atoms with Gasteiger partial charge < -0.3 is 10.6 Å². The van der Waals surface area contributed by atoms with Crippen molar-refractivity contribution in [2.75, 3.05) is 10.6 Å². The molecule has 3 aromatic rings. The zero-order valence-electron chi connectivity index (χ0n) is 14.0. The Bertz CT molecular complexity index is 993. The molecule has 0 spiro atoms. The molecular weight excluding hydrogens is 348 g/mol. The summed E-state index contributed by atoms with van der Waals surface area (Å²) in [5, 5.41) is 15.4. The number of pyridine rings is 1. The molecule has 0 radical (unpaired) electrons. The maximum Gasteiger partial charge on any atom is 0.274 e. The lowest BCUT2D eigenvalue weighted by Crippen LogP contribution is -2.13. The Morgan fingerprint density at radius 2 is 1.88 bits per heavy atom. The van der Waals surface area contributed by atoms with Crippen LogP contribution in [-0.4, -0.2) is 10.9 Å². The molecule has 1 heterocycles. The predicted octanol–water partition coefficient (Wildman–Crippen LogP) is 4.91. The van der Waals surface area contributed by atoms with Crippen molar-refractivity contribution in [3.05, 3.63) is 82.6 Å². The quantitative estimate of drug-likeness (QED) is 0.691. The molecule has 5 nitrogen and oxygen atoms in total. The standard InChI is InChI=1S/C20H15ClN4O/c1-13-5-6-16(10-18(13)21)25-20(26)19-8-7-17(12-23-19)24-15-4-2-3-14(9-15)11-22/h2-10,12,24H,1H3,(H,25,26). The molecule has 6 heteroatoms. The van der Waals surface area contributed by atoms with E-state index in [1.807, 2.05) is 19.1 Å². The number of aryl methyl sites for hydroxylation is 1. The summed E-state index contributed by atoms with van der Waals surface area (Å²) in [4.78, 5) is 16.5. The van der Waals surface area contributed by atoms with Gasteiger partial charge >= 0.3 is 0 Å². The number of nitrogens with one attached hydrogen (secondary N) is 2. The molecule has 0 aliphatic heterocycles. The first kappa shape index (κ1) is 17.5. The first-order valence-electron chi connectivity index (χ1n) is 7.86. The van der Waals surface area contributed by atoms with Gasteiger partial charge in [-0.15, -0.1) is 0 Å². The van der Waals surface area contributed by atoms with Crippen LogP contribution in [0.4, 0.5) is 17.1 Å². The molecule has 0 atom stereocenters. The highest BCUT2D eigenvalue weighted by Crippen LogP contribution is 2.21. The minimum atomic E-state index is -0.317. The van der Waals surface area contributed by atoms with Crippen LogP contribution in [-0.2, 0) is 0 Å². The molecule has 3 rings (SSSR count). The van der Waals surface area contributed by atoms with Crippen LogP contribution in [0.5, 0.6) is 0 Å². The minimum Gasteiger partial charge on any atom is -0.354 e. The average Bonchev–Trinajstić information content (AvgIpc) is 2.65. The number of carbonyl (C=O) groups is 1. The monoisotopic (exact) mass is 362 g/mol. The fourth-order valence-corrected chi connectivity index (χ4v) is 2.48. The summed E-state index contributed by atoms with van der Waals surface area (Å²) in [6, 6.07) is 17.9. The second-order valence-corrected chi connectivity index (χ2v) is 6.08. The highest BCUT2D eigenvalue weighted by molar-refractivity contribution is 6.31. The van der Waals surface area contributed by atoms with E-state index in [0.29, 0.717) is 16.3 Å². The lowest BCUT2D eigenvalue weighted by molar-refractivity contribution is 0.102. The van der Waals surface area contributed by atoms with E-state index in [2.05, 4.69) is 21.7 Å². The third-order valence-corrected chi connectivity index (χ3v) is 4.11. The van der Waals surface area contributed by atoms with Gasteiger partial charge in [-0.05, 0) is 55.0 Å². The Balaban J connectivity index is 1.69. The van der Waals surface area contributed by atoms with E-state index in [1.54, 1.807) is 48.7 Å². The van der Waals surface area contributed by atoms with Crippen molar-refractivity contribution in [2.45, 2.75) is 6.92 Å². The number of carbonyl (C=O) groups excluding carboxylic acids is 1. The molecule has 1 amide bonds. The van der Waals surface area contributed by atoms with Gasteiger partial charge in [-0.1, -0.05) is 23.7 Å². The molecule has 2 aromatic carbocycles. The number of nitrogens with zero attached hydrogens (tertiary/aromatic N) is 2. The third-order valence-electron chi connectivity index (χ3n) is 3.71. The van der Waals surface area contributed by atoms with Crippen molar-refractivity contribution < 1.29 is 4.79 Å². The van der Waals surface area contributed by atoms with E-state index < -0.39 is 0 Å². The van der Waals surface area contributed by atoms with Crippen molar-refractivity contribution in [2.24, 2.45) is 0 Å². The molecule has 0 aliphatic carbocycles. The number of anilines is 3. The number of hydrogen-bond acceptors (Lipinski definition) is 4. The van der Waals surface area contributed by atoms with Crippen LogP contribution in [0.1, 0.15) is 21.6 Å². The number of rotatable bonds is 4. The van der Waals surface area contributed by atoms with Gasteiger partial charge in [-0.2, -0.15) is 5.26 Å². The number of amides is 1. The van der Waals surface area contributed by atoms with Crippen LogP contribution in [0.2, 0.25) is 5.02 Å². The van der Waals surface area contributed by atoms with Crippen molar-refractivity contribution in [1.82, 2.24) is 4.98 Å². The first-order chi connectivity index (χ1) is 12.5. The van der Waals surface area contributed by atoms with Gasteiger partial charge in [-0.3, -0.25) is 4.79 Å². The molecule has 128 valence electrons. The Morgan fingerprint density at radius 1 is 1.08 bits per heavy atom. The van der Waals surface area contributed by atoms with Gasteiger partial charge in [0.1, 0.15) is 5.69 Å². The highest BCUT2D eigenvalue weighted by atomic mass is 35.5. The number of nitriles is 1. The fraction of sp³-hybridized carbons (Fsp3) is 0.0500.